The van der Waals surface area contributed by atoms with Crippen LogP contribution in [0.4, 0.5) is 0 Å². The molecule has 0 atom stereocenters. The molecule has 1 aromatic carbocycles. The van der Waals surface area contributed by atoms with Crippen LogP contribution in [0, 0.1) is 0 Å². The molecule has 0 spiro atoms. The minimum atomic E-state index is 0.0962. The molecule has 100 valence electrons. The minimum Gasteiger partial charge on any atom is -0.311 e. The zero-order valence-electron chi connectivity index (χ0n) is 11.3. The van der Waals surface area contributed by atoms with E-state index in [0.29, 0.717) is 6.04 Å². The molecule has 3 nitrogen and oxygen atoms in total. The topological polar surface area (TPSA) is 30.7 Å². The summed E-state index contributed by atoms with van der Waals surface area (Å²) in [5, 5.41) is 9.61. The highest BCUT2D eigenvalue weighted by molar-refractivity contribution is 9.08. The summed E-state index contributed by atoms with van der Waals surface area (Å²) in [5.74, 6) is 2.15. The Hall–Kier alpha value is -1.16. The van der Waals surface area contributed by atoms with Crippen molar-refractivity contribution in [1.82, 2.24) is 14.8 Å². The van der Waals surface area contributed by atoms with Crippen molar-refractivity contribution in [3.8, 4) is 0 Å². The van der Waals surface area contributed by atoms with Crippen LogP contribution >= 0.6 is 15.9 Å². The van der Waals surface area contributed by atoms with Crippen molar-refractivity contribution in [2.75, 3.05) is 0 Å². The van der Waals surface area contributed by atoms with E-state index in [1.807, 2.05) is 0 Å². The summed E-state index contributed by atoms with van der Waals surface area (Å²) < 4.78 is 2.29. The third-order valence-electron chi connectivity index (χ3n) is 3.91. The average molecular weight is 320 g/mol. The third-order valence-corrected chi connectivity index (χ3v) is 4.41. The van der Waals surface area contributed by atoms with Crippen molar-refractivity contribution in [2.24, 2.45) is 0 Å². The lowest BCUT2D eigenvalue weighted by atomic mass is 9.95. The molecule has 2 aromatic rings. The Kier molecular flexibility index (Phi) is 3.21. The van der Waals surface area contributed by atoms with E-state index in [1.54, 1.807) is 0 Å². The van der Waals surface area contributed by atoms with E-state index in [-0.39, 0.29) is 5.41 Å². The first-order valence-electron chi connectivity index (χ1n) is 6.75. The van der Waals surface area contributed by atoms with Gasteiger partial charge < -0.3 is 4.57 Å². The van der Waals surface area contributed by atoms with Gasteiger partial charge in [-0.15, -0.1) is 10.2 Å². The van der Waals surface area contributed by atoms with Crippen molar-refractivity contribution >= 4 is 15.9 Å². The number of benzene rings is 1. The van der Waals surface area contributed by atoms with Gasteiger partial charge >= 0.3 is 0 Å². The molecule has 1 aliphatic rings. The Morgan fingerprint density at radius 3 is 2.42 bits per heavy atom. The molecule has 1 heterocycles. The van der Waals surface area contributed by atoms with Crippen LogP contribution in [-0.2, 0) is 10.7 Å². The van der Waals surface area contributed by atoms with Crippen LogP contribution in [0.3, 0.4) is 0 Å². The summed E-state index contributed by atoms with van der Waals surface area (Å²) in [4.78, 5) is 0. The van der Waals surface area contributed by atoms with Gasteiger partial charge in [-0.05, 0) is 32.3 Å². The van der Waals surface area contributed by atoms with Crippen LogP contribution in [0.2, 0.25) is 0 Å². The van der Waals surface area contributed by atoms with Crippen LogP contribution in [-0.4, -0.2) is 14.8 Å². The summed E-state index contributed by atoms with van der Waals surface area (Å²) in [6.45, 7) is 4.39. The Bertz CT molecular complexity index is 570. The zero-order chi connectivity index (χ0) is 13.5. The fourth-order valence-electron chi connectivity index (χ4n) is 2.81. The number of nitrogens with zero attached hydrogens (tertiary/aromatic N) is 3. The SMILES string of the molecule is CC(C)n1c(CBr)nnc1C1(c2ccccc2)CC1. The van der Waals surface area contributed by atoms with Gasteiger partial charge in [0.1, 0.15) is 11.6 Å². The molecule has 1 aliphatic carbocycles. The van der Waals surface area contributed by atoms with Gasteiger partial charge in [0, 0.05) is 6.04 Å². The first-order valence-corrected chi connectivity index (χ1v) is 7.87. The van der Waals surface area contributed by atoms with Crippen molar-refractivity contribution < 1.29 is 0 Å². The molecule has 19 heavy (non-hydrogen) atoms. The van der Waals surface area contributed by atoms with Gasteiger partial charge in [0.25, 0.3) is 0 Å². The molecule has 0 unspecified atom stereocenters. The van der Waals surface area contributed by atoms with Gasteiger partial charge in [0.05, 0.1) is 10.7 Å². The molecule has 0 saturated heterocycles. The summed E-state index contributed by atoms with van der Waals surface area (Å²) in [6, 6.07) is 11.1. The highest BCUT2D eigenvalue weighted by Gasteiger charge is 2.50. The second-order valence-corrected chi connectivity index (χ2v) is 6.05. The van der Waals surface area contributed by atoms with Gasteiger partial charge in [-0.25, -0.2) is 0 Å². The second-order valence-electron chi connectivity index (χ2n) is 5.49. The summed E-state index contributed by atoms with van der Waals surface area (Å²) in [5.41, 5.74) is 1.46. The van der Waals surface area contributed by atoms with E-state index in [4.69, 9.17) is 0 Å². The molecule has 0 aliphatic heterocycles. The van der Waals surface area contributed by atoms with Crippen LogP contribution in [0.5, 0.6) is 0 Å². The fraction of sp³-hybridized carbons (Fsp3) is 0.467. The van der Waals surface area contributed by atoms with E-state index in [9.17, 15) is 0 Å². The van der Waals surface area contributed by atoms with E-state index in [0.717, 1.165) is 17.0 Å². The molecule has 0 radical (unpaired) electrons. The maximum atomic E-state index is 4.50. The average Bonchev–Trinajstić information content (AvgIpc) is 3.12. The van der Waals surface area contributed by atoms with Crippen molar-refractivity contribution in [3.05, 3.63) is 47.5 Å². The highest BCUT2D eigenvalue weighted by atomic mass is 79.9. The predicted molar refractivity (Wildman–Crippen MR) is 79.5 cm³/mol. The monoisotopic (exact) mass is 319 g/mol. The van der Waals surface area contributed by atoms with E-state index >= 15 is 0 Å². The summed E-state index contributed by atoms with van der Waals surface area (Å²) in [6.07, 6.45) is 2.34. The highest BCUT2D eigenvalue weighted by Crippen LogP contribution is 2.53. The molecule has 4 heteroatoms. The molecule has 1 fully saturated rings. The van der Waals surface area contributed by atoms with Crippen molar-refractivity contribution in [3.63, 3.8) is 0 Å². The van der Waals surface area contributed by atoms with Crippen LogP contribution < -0.4 is 0 Å². The maximum absolute atomic E-state index is 4.50. The Morgan fingerprint density at radius 2 is 1.89 bits per heavy atom. The summed E-state index contributed by atoms with van der Waals surface area (Å²) >= 11 is 3.51. The molecule has 1 aromatic heterocycles. The van der Waals surface area contributed by atoms with E-state index in [2.05, 4.69) is 74.9 Å². The molecule has 3 rings (SSSR count). The fourth-order valence-corrected chi connectivity index (χ4v) is 3.19. The van der Waals surface area contributed by atoms with Crippen molar-refractivity contribution in [2.45, 2.75) is 43.5 Å². The number of hydrogen-bond acceptors (Lipinski definition) is 2. The minimum absolute atomic E-state index is 0.0962. The van der Waals surface area contributed by atoms with Gasteiger partial charge in [0.2, 0.25) is 0 Å². The largest absolute Gasteiger partial charge is 0.311 e. The molecule has 1 saturated carbocycles. The predicted octanol–water partition coefficient (Wildman–Crippen LogP) is 3.83. The Labute approximate surface area is 122 Å². The number of alkyl halides is 1. The molecular formula is C15H18BrN3. The third kappa shape index (κ3) is 2.02. The second kappa shape index (κ2) is 4.75. The summed E-state index contributed by atoms with van der Waals surface area (Å²) in [7, 11) is 0. The van der Waals surface area contributed by atoms with Crippen LogP contribution in [0.25, 0.3) is 0 Å². The molecule has 0 bridgehead atoms. The lowest BCUT2D eigenvalue weighted by molar-refractivity contribution is 0.531. The van der Waals surface area contributed by atoms with Gasteiger partial charge in [-0.3, -0.25) is 0 Å². The molecule has 0 N–H and O–H groups in total. The van der Waals surface area contributed by atoms with Gasteiger partial charge in [-0.2, -0.15) is 0 Å². The number of halogens is 1. The van der Waals surface area contributed by atoms with Gasteiger partial charge in [0.15, 0.2) is 0 Å². The van der Waals surface area contributed by atoms with E-state index < -0.39 is 0 Å². The number of aromatic nitrogens is 3. The van der Waals surface area contributed by atoms with Crippen LogP contribution in [0.15, 0.2) is 30.3 Å². The Balaban J connectivity index is 2.10. The maximum Gasteiger partial charge on any atom is 0.143 e. The lowest BCUT2D eigenvalue weighted by Gasteiger charge is -2.20. The van der Waals surface area contributed by atoms with Crippen molar-refractivity contribution in [1.29, 1.82) is 0 Å². The Morgan fingerprint density at radius 1 is 1.21 bits per heavy atom. The quantitative estimate of drug-likeness (QED) is 0.802. The number of rotatable bonds is 4. The lowest BCUT2D eigenvalue weighted by Crippen LogP contribution is -2.19. The number of hydrogen-bond donors (Lipinski definition) is 0. The van der Waals surface area contributed by atoms with E-state index in [1.165, 1.54) is 18.4 Å². The molecule has 0 amide bonds. The standard InChI is InChI=1S/C15H18BrN3/c1-11(2)19-13(10-16)17-18-14(19)15(8-9-15)12-6-4-3-5-7-12/h3-7,11H,8-10H2,1-2H3. The molecular weight excluding hydrogens is 302 g/mol. The zero-order valence-corrected chi connectivity index (χ0v) is 12.9. The normalized spacial score (nSPS) is 16.8. The first kappa shape index (κ1) is 12.9. The van der Waals surface area contributed by atoms with Crippen LogP contribution in [0.1, 0.15) is 49.9 Å². The van der Waals surface area contributed by atoms with Gasteiger partial charge in [-0.1, -0.05) is 46.3 Å². The first-order chi connectivity index (χ1) is 9.19. The smallest absolute Gasteiger partial charge is 0.143 e.